The van der Waals surface area contributed by atoms with Crippen molar-refractivity contribution in [3.63, 3.8) is 0 Å². The summed E-state index contributed by atoms with van der Waals surface area (Å²) in [6.45, 7) is 4.35. The van der Waals surface area contributed by atoms with Gasteiger partial charge in [-0.15, -0.1) is 0 Å². The minimum absolute atomic E-state index is 0.232. The molecule has 0 saturated carbocycles. The Labute approximate surface area is 220 Å². The van der Waals surface area contributed by atoms with E-state index in [1.807, 2.05) is 29.2 Å². The van der Waals surface area contributed by atoms with E-state index in [1.54, 1.807) is 0 Å². The van der Waals surface area contributed by atoms with Crippen LogP contribution in [0.1, 0.15) is 43.2 Å². The van der Waals surface area contributed by atoms with Crippen molar-refractivity contribution in [2.45, 2.75) is 44.6 Å². The van der Waals surface area contributed by atoms with Crippen LogP contribution in [-0.4, -0.2) is 66.2 Å². The third-order valence-corrected chi connectivity index (χ3v) is 7.60. The molecule has 0 spiro atoms. The number of fused-ring (bicyclic) bond motifs is 1. The molecule has 1 fully saturated rings. The molecule has 5 nitrogen and oxygen atoms in total. The van der Waals surface area contributed by atoms with Crippen molar-refractivity contribution in [3.05, 3.63) is 83.9 Å². The maximum Gasteiger partial charge on any atom is 0.222 e. The second-order valence-corrected chi connectivity index (χ2v) is 10.3. The third kappa shape index (κ3) is 6.79. The zero-order valence-corrected chi connectivity index (χ0v) is 21.6. The largest absolute Gasteiger partial charge is 0.491 e. The first-order chi connectivity index (χ1) is 18.2. The van der Waals surface area contributed by atoms with Crippen LogP contribution in [0.25, 0.3) is 16.3 Å². The zero-order valence-electron chi connectivity index (χ0n) is 21.6. The van der Waals surface area contributed by atoms with E-state index in [2.05, 4.69) is 53.4 Å². The average Bonchev–Trinajstić information content (AvgIpc) is 2.96. The van der Waals surface area contributed by atoms with Crippen LogP contribution in [0.5, 0.6) is 5.75 Å². The summed E-state index contributed by atoms with van der Waals surface area (Å²) in [4.78, 5) is 16.9. The van der Waals surface area contributed by atoms with Gasteiger partial charge in [0.2, 0.25) is 5.91 Å². The molecule has 1 N–H and O–H groups in total. The number of para-hydroxylation sites is 1. The fraction of sp³-hybridized carbons (Fsp3) is 0.406. The molecule has 0 bridgehead atoms. The van der Waals surface area contributed by atoms with Crippen LogP contribution in [-0.2, 0) is 11.2 Å². The van der Waals surface area contributed by atoms with Crippen LogP contribution < -0.4 is 4.74 Å². The summed E-state index contributed by atoms with van der Waals surface area (Å²) in [5, 5.41) is 13.2. The summed E-state index contributed by atoms with van der Waals surface area (Å²) >= 11 is 0. The van der Waals surface area contributed by atoms with Crippen molar-refractivity contribution in [1.29, 1.82) is 0 Å². The number of nitrogens with zero attached hydrogens (tertiary/aromatic N) is 2. The summed E-state index contributed by atoms with van der Waals surface area (Å²) < 4.78 is 6.03. The standard InChI is InChI=1S/C32H38N2O3/c35-30(23-33-20-16-26(17-21-33)29-13-12-25-8-2-3-10-28(25)22-29)24-37-31-11-5-4-9-27(31)14-15-32(36)34-18-6-1-7-19-34/h2-5,8-13,16,22,30,35H,1,6-7,14-15,17-21,23-24H2. The lowest BCUT2D eigenvalue weighted by molar-refractivity contribution is -0.132. The molecule has 1 atom stereocenters. The lowest BCUT2D eigenvalue weighted by Crippen LogP contribution is -2.38. The molecule has 0 radical (unpaired) electrons. The Bertz CT molecular complexity index is 1230. The molecule has 0 aliphatic carbocycles. The van der Waals surface area contributed by atoms with Crippen molar-refractivity contribution in [2.75, 3.05) is 39.3 Å². The van der Waals surface area contributed by atoms with E-state index in [0.29, 0.717) is 19.4 Å². The van der Waals surface area contributed by atoms with Gasteiger partial charge in [0.15, 0.2) is 0 Å². The molecule has 3 aromatic carbocycles. The monoisotopic (exact) mass is 498 g/mol. The number of hydrogen-bond donors (Lipinski definition) is 1. The molecule has 1 unspecified atom stereocenters. The van der Waals surface area contributed by atoms with Gasteiger partial charge in [0.1, 0.15) is 18.5 Å². The maximum absolute atomic E-state index is 12.6. The quantitative estimate of drug-likeness (QED) is 0.434. The van der Waals surface area contributed by atoms with Crippen LogP contribution in [0.3, 0.4) is 0 Å². The predicted octanol–water partition coefficient (Wildman–Crippen LogP) is 5.31. The van der Waals surface area contributed by atoms with Gasteiger partial charge in [-0.3, -0.25) is 9.69 Å². The van der Waals surface area contributed by atoms with Crippen molar-refractivity contribution in [3.8, 4) is 5.75 Å². The SMILES string of the molecule is O=C(CCc1ccccc1OCC(O)CN1CC=C(c2ccc3ccccc3c2)CC1)N1CCCCC1. The highest BCUT2D eigenvalue weighted by Crippen LogP contribution is 2.26. The van der Waals surface area contributed by atoms with E-state index in [4.69, 9.17) is 4.74 Å². The number of aryl methyl sites for hydroxylation is 1. The highest BCUT2D eigenvalue weighted by Gasteiger charge is 2.19. The van der Waals surface area contributed by atoms with Crippen LogP contribution in [0.15, 0.2) is 72.8 Å². The predicted molar refractivity (Wildman–Crippen MR) is 150 cm³/mol. The van der Waals surface area contributed by atoms with Gasteiger partial charge in [0.05, 0.1) is 0 Å². The smallest absolute Gasteiger partial charge is 0.222 e. The molecule has 5 heteroatoms. The number of carbonyl (C=O) groups is 1. The van der Waals surface area contributed by atoms with E-state index in [1.165, 1.54) is 28.3 Å². The Morgan fingerprint density at radius 2 is 1.70 bits per heavy atom. The van der Waals surface area contributed by atoms with Crippen molar-refractivity contribution < 1.29 is 14.6 Å². The molecule has 1 amide bonds. The second kappa shape index (κ2) is 12.4. The lowest BCUT2D eigenvalue weighted by Gasteiger charge is -2.28. The minimum Gasteiger partial charge on any atom is -0.491 e. The minimum atomic E-state index is -0.571. The second-order valence-electron chi connectivity index (χ2n) is 10.3. The maximum atomic E-state index is 12.6. The molecule has 2 heterocycles. The molecule has 194 valence electrons. The molecule has 3 aromatic rings. The number of hydrogen-bond acceptors (Lipinski definition) is 4. The molecule has 0 aromatic heterocycles. The van der Waals surface area contributed by atoms with Crippen LogP contribution in [0.2, 0.25) is 0 Å². The van der Waals surface area contributed by atoms with Crippen molar-refractivity contribution >= 4 is 22.3 Å². The van der Waals surface area contributed by atoms with E-state index < -0.39 is 6.10 Å². The Kier molecular flexibility index (Phi) is 8.54. The van der Waals surface area contributed by atoms with Crippen LogP contribution in [0.4, 0.5) is 0 Å². The van der Waals surface area contributed by atoms with E-state index in [0.717, 1.165) is 56.8 Å². The summed E-state index contributed by atoms with van der Waals surface area (Å²) in [5.41, 5.74) is 3.69. The summed E-state index contributed by atoms with van der Waals surface area (Å²) in [6.07, 6.45) is 7.30. The number of carbonyl (C=O) groups excluding carboxylic acids is 1. The number of amides is 1. The van der Waals surface area contributed by atoms with Gasteiger partial charge in [0.25, 0.3) is 0 Å². The van der Waals surface area contributed by atoms with Gasteiger partial charge in [-0.2, -0.15) is 0 Å². The number of rotatable bonds is 9. The molecule has 2 aliphatic rings. The number of β-amino-alcohol motifs (C(OH)–C–C–N with tert-alkyl or cyclic N) is 1. The Morgan fingerprint density at radius 3 is 2.51 bits per heavy atom. The molecule has 1 saturated heterocycles. The summed E-state index contributed by atoms with van der Waals surface area (Å²) in [5.74, 6) is 1.00. The van der Waals surface area contributed by atoms with Gasteiger partial charge >= 0.3 is 0 Å². The number of benzene rings is 3. The van der Waals surface area contributed by atoms with Crippen LogP contribution in [0, 0.1) is 0 Å². The summed E-state index contributed by atoms with van der Waals surface area (Å²) in [6, 6.07) is 23.0. The molecule has 5 rings (SSSR count). The fourth-order valence-corrected chi connectivity index (χ4v) is 5.46. The lowest BCUT2D eigenvalue weighted by atomic mass is 9.97. The van der Waals surface area contributed by atoms with Crippen molar-refractivity contribution in [2.24, 2.45) is 0 Å². The molecule has 2 aliphatic heterocycles. The number of likely N-dealkylation sites (tertiary alicyclic amines) is 1. The van der Waals surface area contributed by atoms with E-state index in [-0.39, 0.29) is 12.5 Å². The average molecular weight is 499 g/mol. The highest BCUT2D eigenvalue weighted by molar-refractivity contribution is 5.86. The first kappa shape index (κ1) is 25.5. The summed E-state index contributed by atoms with van der Waals surface area (Å²) in [7, 11) is 0. The Balaban J connectivity index is 1.10. The number of piperidine rings is 1. The third-order valence-electron chi connectivity index (χ3n) is 7.60. The number of aliphatic hydroxyl groups excluding tert-OH is 1. The topological polar surface area (TPSA) is 53.0 Å². The normalized spacial score (nSPS) is 17.4. The Hall–Kier alpha value is -3.15. The van der Waals surface area contributed by atoms with Gasteiger partial charge in [-0.25, -0.2) is 0 Å². The van der Waals surface area contributed by atoms with Crippen LogP contribution >= 0.6 is 0 Å². The first-order valence-electron chi connectivity index (χ1n) is 13.7. The Morgan fingerprint density at radius 1 is 0.919 bits per heavy atom. The van der Waals surface area contributed by atoms with Gasteiger partial charge in [0, 0.05) is 39.1 Å². The van der Waals surface area contributed by atoms with Crippen molar-refractivity contribution in [1.82, 2.24) is 9.80 Å². The number of aliphatic hydroxyl groups is 1. The number of ether oxygens (including phenoxy) is 1. The molecular formula is C32H38N2O3. The first-order valence-corrected chi connectivity index (χ1v) is 13.7. The molecule has 37 heavy (non-hydrogen) atoms. The fourth-order valence-electron chi connectivity index (χ4n) is 5.46. The van der Waals surface area contributed by atoms with Gasteiger partial charge in [-0.1, -0.05) is 60.7 Å². The van der Waals surface area contributed by atoms with Gasteiger partial charge in [-0.05, 0) is 71.7 Å². The van der Waals surface area contributed by atoms with Gasteiger partial charge < -0.3 is 14.7 Å². The molecular weight excluding hydrogens is 460 g/mol. The zero-order chi connectivity index (χ0) is 25.5. The van der Waals surface area contributed by atoms with E-state index in [9.17, 15) is 9.90 Å². The van der Waals surface area contributed by atoms with E-state index >= 15 is 0 Å². The highest BCUT2D eigenvalue weighted by atomic mass is 16.5.